The number of rotatable bonds is 3. The normalized spacial score (nSPS) is 13.2. The first-order valence-electron chi connectivity index (χ1n) is 6.38. The molecule has 0 saturated carbocycles. The van der Waals surface area contributed by atoms with Gasteiger partial charge in [-0.3, -0.25) is 0 Å². The molecule has 0 aliphatic heterocycles. The van der Waals surface area contributed by atoms with Crippen LogP contribution in [-0.2, 0) is 12.6 Å². The van der Waals surface area contributed by atoms with Crippen molar-refractivity contribution in [2.45, 2.75) is 25.6 Å². The largest absolute Gasteiger partial charge is 0.416 e. The fourth-order valence-corrected chi connectivity index (χ4v) is 2.14. The number of alkyl halides is 3. The highest BCUT2D eigenvalue weighted by molar-refractivity contribution is 5.30. The van der Waals surface area contributed by atoms with Crippen LogP contribution in [-0.4, -0.2) is 5.11 Å². The third kappa shape index (κ3) is 3.61. The summed E-state index contributed by atoms with van der Waals surface area (Å²) in [4.78, 5) is 0. The number of benzene rings is 2. The number of aryl methyl sites for hydroxylation is 1. The van der Waals surface area contributed by atoms with Gasteiger partial charge >= 0.3 is 6.18 Å². The summed E-state index contributed by atoms with van der Waals surface area (Å²) in [5.41, 5.74) is -0.00171. The molecule has 1 N–H and O–H groups in total. The number of halogens is 4. The molecule has 5 heteroatoms. The van der Waals surface area contributed by atoms with Gasteiger partial charge in [-0.15, -0.1) is 0 Å². The molecule has 0 spiro atoms. The molecule has 112 valence electrons. The average Bonchev–Trinajstić information content (AvgIpc) is 2.41. The molecular weight excluding hydrogens is 284 g/mol. The number of hydrogen-bond donors (Lipinski definition) is 1. The van der Waals surface area contributed by atoms with E-state index in [1.54, 1.807) is 19.1 Å². The second-order valence-corrected chi connectivity index (χ2v) is 4.90. The van der Waals surface area contributed by atoms with E-state index in [4.69, 9.17) is 0 Å². The molecule has 0 heterocycles. The van der Waals surface area contributed by atoms with Gasteiger partial charge in [-0.2, -0.15) is 13.2 Å². The molecule has 2 aromatic carbocycles. The van der Waals surface area contributed by atoms with Gasteiger partial charge in [-0.1, -0.05) is 36.4 Å². The molecule has 0 bridgehead atoms. The molecule has 0 aliphatic carbocycles. The molecule has 2 aromatic rings. The van der Waals surface area contributed by atoms with Gasteiger partial charge in [-0.25, -0.2) is 4.39 Å². The van der Waals surface area contributed by atoms with Crippen molar-refractivity contribution in [1.29, 1.82) is 0 Å². The van der Waals surface area contributed by atoms with Crippen LogP contribution in [0.4, 0.5) is 17.6 Å². The van der Waals surface area contributed by atoms with Crippen LogP contribution >= 0.6 is 0 Å². The number of aliphatic hydroxyl groups excluding tert-OH is 1. The molecule has 0 saturated heterocycles. The maximum absolute atomic E-state index is 13.9. The van der Waals surface area contributed by atoms with E-state index in [-0.39, 0.29) is 12.0 Å². The fraction of sp³-hybridized carbons (Fsp3) is 0.250. The number of aliphatic hydroxyl groups is 1. The minimum atomic E-state index is -4.43. The summed E-state index contributed by atoms with van der Waals surface area (Å²) >= 11 is 0. The van der Waals surface area contributed by atoms with Gasteiger partial charge in [0.25, 0.3) is 0 Å². The molecule has 0 aliphatic rings. The lowest BCUT2D eigenvalue weighted by molar-refractivity contribution is -0.137. The van der Waals surface area contributed by atoms with Gasteiger partial charge in [0, 0.05) is 12.0 Å². The van der Waals surface area contributed by atoms with Crippen molar-refractivity contribution in [3.63, 3.8) is 0 Å². The lowest BCUT2D eigenvalue weighted by Crippen LogP contribution is -2.08. The molecule has 0 amide bonds. The van der Waals surface area contributed by atoms with Crippen LogP contribution in [0.1, 0.15) is 28.4 Å². The molecule has 0 radical (unpaired) electrons. The second-order valence-electron chi connectivity index (χ2n) is 4.90. The third-order valence-electron chi connectivity index (χ3n) is 3.26. The van der Waals surface area contributed by atoms with Crippen molar-refractivity contribution in [2.24, 2.45) is 0 Å². The maximum atomic E-state index is 13.9. The van der Waals surface area contributed by atoms with E-state index in [2.05, 4.69) is 0 Å². The summed E-state index contributed by atoms with van der Waals surface area (Å²) in [7, 11) is 0. The summed E-state index contributed by atoms with van der Waals surface area (Å²) in [5, 5.41) is 10.1. The highest BCUT2D eigenvalue weighted by atomic mass is 19.4. The summed E-state index contributed by atoms with van der Waals surface area (Å²) in [6, 6.07) is 9.28. The quantitative estimate of drug-likeness (QED) is 0.831. The van der Waals surface area contributed by atoms with Gasteiger partial charge in [0.1, 0.15) is 5.82 Å². The SMILES string of the molecule is Cc1cccc(C(O)Cc2cccc(C(F)(F)F)c2)c1F. The van der Waals surface area contributed by atoms with Crippen LogP contribution in [0.3, 0.4) is 0 Å². The Balaban J connectivity index is 2.24. The molecular formula is C16H14F4O. The van der Waals surface area contributed by atoms with Crippen molar-refractivity contribution < 1.29 is 22.7 Å². The molecule has 1 unspecified atom stereocenters. The highest BCUT2D eigenvalue weighted by Gasteiger charge is 2.30. The van der Waals surface area contributed by atoms with Crippen LogP contribution < -0.4 is 0 Å². The van der Waals surface area contributed by atoms with Crippen molar-refractivity contribution >= 4 is 0 Å². The monoisotopic (exact) mass is 298 g/mol. The van der Waals surface area contributed by atoms with Crippen molar-refractivity contribution in [3.8, 4) is 0 Å². The van der Waals surface area contributed by atoms with Gasteiger partial charge in [0.2, 0.25) is 0 Å². The fourth-order valence-electron chi connectivity index (χ4n) is 2.14. The van der Waals surface area contributed by atoms with E-state index in [9.17, 15) is 22.7 Å². The Labute approximate surface area is 119 Å². The van der Waals surface area contributed by atoms with Gasteiger partial charge < -0.3 is 5.11 Å². The molecule has 21 heavy (non-hydrogen) atoms. The standard InChI is InChI=1S/C16H14F4O/c1-10-4-2-7-13(15(10)17)14(21)9-11-5-3-6-12(8-11)16(18,19)20/h2-8,14,21H,9H2,1H3. The Morgan fingerprint density at radius 1 is 1.10 bits per heavy atom. The molecule has 1 atom stereocenters. The zero-order chi connectivity index (χ0) is 15.6. The smallest absolute Gasteiger partial charge is 0.388 e. The maximum Gasteiger partial charge on any atom is 0.416 e. The first kappa shape index (κ1) is 15.5. The topological polar surface area (TPSA) is 20.2 Å². The van der Waals surface area contributed by atoms with Crippen LogP contribution in [0.15, 0.2) is 42.5 Å². The van der Waals surface area contributed by atoms with E-state index in [0.29, 0.717) is 11.1 Å². The Morgan fingerprint density at radius 2 is 1.76 bits per heavy atom. The Bertz CT molecular complexity index is 634. The zero-order valence-corrected chi connectivity index (χ0v) is 11.3. The molecule has 1 nitrogen and oxygen atoms in total. The summed E-state index contributed by atoms with van der Waals surface area (Å²) in [6.07, 6.45) is -5.70. The van der Waals surface area contributed by atoms with Crippen LogP contribution in [0.25, 0.3) is 0 Å². The highest BCUT2D eigenvalue weighted by Crippen LogP contribution is 2.31. The number of hydrogen-bond acceptors (Lipinski definition) is 1. The Hall–Kier alpha value is -1.88. The van der Waals surface area contributed by atoms with E-state index < -0.39 is 23.7 Å². The summed E-state index contributed by atoms with van der Waals surface area (Å²) in [6.45, 7) is 1.57. The lowest BCUT2D eigenvalue weighted by atomic mass is 9.98. The van der Waals surface area contributed by atoms with E-state index in [1.165, 1.54) is 18.2 Å². The lowest BCUT2D eigenvalue weighted by Gasteiger charge is -2.14. The third-order valence-corrected chi connectivity index (χ3v) is 3.26. The van der Waals surface area contributed by atoms with Crippen molar-refractivity contribution in [2.75, 3.05) is 0 Å². The van der Waals surface area contributed by atoms with Gasteiger partial charge in [-0.05, 0) is 24.1 Å². The molecule has 0 aromatic heterocycles. The van der Waals surface area contributed by atoms with Crippen LogP contribution in [0.2, 0.25) is 0 Å². The first-order chi connectivity index (χ1) is 9.79. The predicted octanol–water partition coefficient (Wildman–Crippen LogP) is 4.43. The molecule has 2 rings (SSSR count). The van der Waals surface area contributed by atoms with Crippen molar-refractivity contribution in [1.82, 2.24) is 0 Å². The summed E-state index contributed by atoms with van der Waals surface area (Å²) < 4.78 is 51.8. The van der Waals surface area contributed by atoms with E-state index in [1.807, 2.05) is 0 Å². The average molecular weight is 298 g/mol. The second kappa shape index (κ2) is 5.85. The minimum Gasteiger partial charge on any atom is -0.388 e. The van der Waals surface area contributed by atoms with E-state index in [0.717, 1.165) is 12.1 Å². The van der Waals surface area contributed by atoms with Gasteiger partial charge in [0.15, 0.2) is 0 Å². The predicted molar refractivity (Wildman–Crippen MR) is 71.2 cm³/mol. The van der Waals surface area contributed by atoms with Crippen LogP contribution in [0, 0.1) is 12.7 Å². The summed E-state index contributed by atoms with van der Waals surface area (Å²) in [5.74, 6) is -0.531. The first-order valence-corrected chi connectivity index (χ1v) is 6.38. The van der Waals surface area contributed by atoms with Crippen molar-refractivity contribution in [3.05, 3.63) is 70.5 Å². The van der Waals surface area contributed by atoms with E-state index >= 15 is 0 Å². The molecule has 0 fully saturated rings. The Kier molecular flexibility index (Phi) is 4.32. The Morgan fingerprint density at radius 3 is 2.43 bits per heavy atom. The van der Waals surface area contributed by atoms with Gasteiger partial charge in [0.05, 0.1) is 11.7 Å². The zero-order valence-electron chi connectivity index (χ0n) is 11.3. The van der Waals surface area contributed by atoms with Crippen LogP contribution in [0.5, 0.6) is 0 Å². The minimum absolute atomic E-state index is 0.0791.